The SMILES string of the molecule is Cc1cc(Br)ccc1C(=O)N1CCC(C)C1C(=O)O. The minimum Gasteiger partial charge on any atom is -0.480 e. The van der Waals surface area contributed by atoms with E-state index in [-0.39, 0.29) is 11.8 Å². The molecule has 1 aliphatic heterocycles. The zero-order valence-corrected chi connectivity index (χ0v) is 12.5. The van der Waals surface area contributed by atoms with Crippen molar-refractivity contribution in [1.82, 2.24) is 4.90 Å². The predicted molar refractivity (Wildman–Crippen MR) is 75.1 cm³/mol. The first-order valence-electron chi connectivity index (χ1n) is 6.21. The van der Waals surface area contributed by atoms with Gasteiger partial charge < -0.3 is 10.0 Å². The van der Waals surface area contributed by atoms with Crippen LogP contribution in [0.4, 0.5) is 0 Å². The highest BCUT2D eigenvalue weighted by Crippen LogP contribution is 2.27. The lowest BCUT2D eigenvalue weighted by Gasteiger charge is -2.24. The van der Waals surface area contributed by atoms with E-state index in [0.29, 0.717) is 12.1 Å². The second kappa shape index (κ2) is 5.33. The van der Waals surface area contributed by atoms with E-state index < -0.39 is 12.0 Å². The Balaban J connectivity index is 2.31. The van der Waals surface area contributed by atoms with E-state index in [9.17, 15) is 14.7 Å². The molecule has 1 aromatic rings. The lowest BCUT2D eigenvalue weighted by Crippen LogP contribution is -2.43. The summed E-state index contributed by atoms with van der Waals surface area (Å²) in [5.74, 6) is -1.12. The smallest absolute Gasteiger partial charge is 0.326 e. The summed E-state index contributed by atoms with van der Waals surface area (Å²) in [6, 6.07) is 4.69. The Bertz CT molecular complexity index is 529. The first-order chi connectivity index (χ1) is 8.91. The Labute approximate surface area is 120 Å². The summed E-state index contributed by atoms with van der Waals surface area (Å²) in [6.45, 7) is 4.24. The van der Waals surface area contributed by atoms with Crippen molar-refractivity contribution in [1.29, 1.82) is 0 Å². The van der Waals surface area contributed by atoms with E-state index in [1.54, 1.807) is 12.1 Å². The van der Waals surface area contributed by atoms with Crippen molar-refractivity contribution >= 4 is 27.8 Å². The van der Waals surface area contributed by atoms with Gasteiger partial charge in [-0.25, -0.2) is 4.79 Å². The van der Waals surface area contributed by atoms with Gasteiger partial charge in [-0.15, -0.1) is 0 Å². The highest BCUT2D eigenvalue weighted by Gasteiger charge is 2.39. The molecule has 102 valence electrons. The number of hydrogen-bond acceptors (Lipinski definition) is 2. The quantitative estimate of drug-likeness (QED) is 0.909. The Morgan fingerprint density at radius 3 is 2.68 bits per heavy atom. The molecule has 0 saturated carbocycles. The fraction of sp³-hybridized carbons (Fsp3) is 0.429. The number of likely N-dealkylation sites (tertiary alicyclic amines) is 1. The topological polar surface area (TPSA) is 57.6 Å². The zero-order chi connectivity index (χ0) is 14.2. The van der Waals surface area contributed by atoms with Crippen molar-refractivity contribution in [2.24, 2.45) is 5.92 Å². The number of halogens is 1. The highest BCUT2D eigenvalue weighted by atomic mass is 79.9. The van der Waals surface area contributed by atoms with Crippen LogP contribution in [-0.2, 0) is 4.79 Å². The lowest BCUT2D eigenvalue weighted by molar-refractivity contribution is -0.142. The number of carbonyl (C=O) groups is 2. The van der Waals surface area contributed by atoms with Crippen LogP contribution in [0.3, 0.4) is 0 Å². The number of aryl methyl sites for hydroxylation is 1. The molecule has 1 N–H and O–H groups in total. The van der Waals surface area contributed by atoms with Gasteiger partial charge in [0.05, 0.1) is 0 Å². The average Bonchev–Trinajstić information content (AvgIpc) is 2.70. The summed E-state index contributed by atoms with van der Waals surface area (Å²) in [4.78, 5) is 25.3. The Morgan fingerprint density at radius 2 is 2.11 bits per heavy atom. The van der Waals surface area contributed by atoms with E-state index >= 15 is 0 Å². The Morgan fingerprint density at radius 1 is 1.42 bits per heavy atom. The molecule has 5 heteroatoms. The van der Waals surface area contributed by atoms with Gasteiger partial charge >= 0.3 is 5.97 Å². The minimum atomic E-state index is -0.923. The molecule has 2 rings (SSSR count). The normalized spacial score (nSPS) is 22.6. The monoisotopic (exact) mass is 325 g/mol. The number of nitrogens with zero attached hydrogens (tertiary/aromatic N) is 1. The standard InChI is InChI=1S/C14H16BrNO3/c1-8-5-6-16(12(8)14(18)19)13(17)11-4-3-10(15)7-9(11)2/h3-4,7-8,12H,5-6H2,1-2H3,(H,18,19). The van der Waals surface area contributed by atoms with Crippen molar-refractivity contribution in [2.75, 3.05) is 6.54 Å². The maximum atomic E-state index is 12.5. The molecule has 0 bridgehead atoms. The number of carboxylic acids is 1. The van der Waals surface area contributed by atoms with Crippen molar-refractivity contribution in [2.45, 2.75) is 26.3 Å². The van der Waals surface area contributed by atoms with Crippen LogP contribution in [0.2, 0.25) is 0 Å². The molecule has 1 aromatic carbocycles. The van der Waals surface area contributed by atoms with E-state index in [1.165, 1.54) is 4.90 Å². The number of carbonyl (C=O) groups excluding carboxylic acids is 1. The average molecular weight is 326 g/mol. The van der Waals surface area contributed by atoms with Gasteiger partial charge in [0.1, 0.15) is 6.04 Å². The summed E-state index contributed by atoms with van der Waals surface area (Å²) >= 11 is 3.35. The molecule has 0 spiro atoms. The molecule has 0 radical (unpaired) electrons. The van der Waals surface area contributed by atoms with Gasteiger partial charge in [0.15, 0.2) is 0 Å². The molecule has 1 aliphatic rings. The lowest BCUT2D eigenvalue weighted by atomic mass is 10.0. The molecule has 2 atom stereocenters. The maximum absolute atomic E-state index is 12.5. The van der Waals surface area contributed by atoms with Gasteiger partial charge in [-0.1, -0.05) is 22.9 Å². The third-order valence-electron chi connectivity index (χ3n) is 3.63. The van der Waals surface area contributed by atoms with Gasteiger partial charge in [-0.05, 0) is 43.0 Å². The molecule has 1 amide bonds. The minimum absolute atomic E-state index is 0.00259. The molecule has 4 nitrogen and oxygen atoms in total. The number of aliphatic carboxylic acids is 1. The first kappa shape index (κ1) is 14.1. The molecular weight excluding hydrogens is 310 g/mol. The van der Waals surface area contributed by atoms with Gasteiger partial charge in [-0.2, -0.15) is 0 Å². The van der Waals surface area contributed by atoms with Crippen molar-refractivity contribution in [3.8, 4) is 0 Å². The summed E-state index contributed by atoms with van der Waals surface area (Å²) < 4.78 is 0.908. The van der Waals surface area contributed by atoms with Crippen LogP contribution < -0.4 is 0 Å². The maximum Gasteiger partial charge on any atom is 0.326 e. The molecule has 2 unspecified atom stereocenters. The fourth-order valence-corrected chi connectivity index (χ4v) is 3.05. The van der Waals surface area contributed by atoms with Gasteiger partial charge in [0.2, 0.25) is 0 Å². The molecule has 1 heterocycles. The third kappa shape index (κ3) is 2.66. The van der Waals surface area contributed by atoms with E-state index in [2.05, 4.69) is 15.9 Å². The summed E-state index contributed by atoms with van der Waals surface area (Å²) in [7, 11) is 0. The number of hydrogen-bond donors (Lipinski definition) is 1. The highest BCUT2D eigenvalue weighted by molar-refractivity contribution is 9.10. The molecule has 0 aromatic heterocycles. The zero-order valence-electron chi connectivity index (χ0n) is 10.9. The number of rotatable bonds is 2. The third-order valence-corrected chi connectivity index (χ3v) is 4.13. The van der Waals surface area contributed by atoms with E-state index in [0.717, 1.165) is 16.5 Å². The van der Waals surface area contributed by atoms with Crippen LogP contribution in [-0.4, -0.2) is 34.5 Å². The largest absolute Gasteiger partial charge is 0.480 e. The molecule has 1 saturated heterocycles. The Hall–Kier alpha value is -1.36. The Kier molecular flexibility index (Phi) is 3.94. The summed E-state index contributed by atoms with van der Waals surface area (Å²) in [6.07, 6.45) is 0.734. The second-order valence-corrected chi connectivity index (χ2v) is 5.92. The van der Waals surface area contributed by atoms with Gasteiger partial charge in [0, 0.05) is 16.6 Å². The number of carboxylic acid groups (broad SMARTS) is 1. The predicted octanol–water partition coefficient (Wildman–Crippen LogP) is 2.69. The molecular formula is C14H16BrNO3. The van der Waals surface area contributed by atoms with Crippen LogP contribution >= 0.6 is 15.9 Å². The second-order valence-electron chi connectivity index (χ2n) is 5.01. The van der Waals surface area contributed by atoms with Gasteiger partial charge in [0.25, 0.3) is 5.91 Å². The molecule has 0 aliphatic carbocycles. The van der Waals surface area contributed by atoms with Crippen LogP contribution in [0.1, 0.15) is 29.3 Å². The van der Waals surface area contributed by atoms with Gasteiger partial charge in [-0.3, -0.25) is 4.79 Å². The van der Waals surface area contributed by atoms with Crippen molar-refractivity contribution in [3.05, 3.63) is 33.8 Å². The fourth-order valence-electron chi connectivity index (χ4n) is 2.57. The molecule has 19 heavy (non-hydrogen) atoms. The summed E-state index contributed by atoms with van der Waals surface area (Å²) in [5, 5.41) is 9.26. The van der Waals surface area contributed by atoms with Crippen molar-refractivity contribution in [3.63, 3.8) is 0 Å². The van der Waals surface area contributed by atoms with E-state index in [4.69, 9.17) is 0 Å². The number of amides is 1. The molecule has 1 fully saturated rings. The first-order valence-corrected chi connectivity index (χ1v) is 7.01. The van der Waals surface area contributed by atoms with Crippen molar-refractivity contribution < 1.29 is 14.7 Å². The van der Waals surface area contributed by atoms with Crippen LogP contribution in [0.25, 0.3) is 0 Å². The summed E-state index contributed by atoms with van der Waals surface area (Å²) in [5.41, 5.74) is 1.42. The van der Waals surface area contributed by atoms with E-state index in [1.807, 2.05) is 19.9 Å². The number of benzene rings is 1. The van der Waals surface area contributed by atoms with Crippen LogP contribution in [0.5, 0.6) is 0 Å². The van der Waals surface area contributed by atoms with Crippen LogP contribution in [0, 0.1) is 12.8 Å². The van der Waals surface area contributed by atoms with Crippen LogP contribution in [0.15, 0.2) is 22.7 Å².